The number of benzene rings is 1. The Hall–Kier alpha value is -3.46. The predicted octanol–water partition coefficient (Wildman–Crippen LogP) is 5.27. The largest absolute Gasteiger partial charge is 0.477 e. The van der Waals surface area contributed by atoms with Gasteiger partial charge in [-0.2, -0.15) is 5.10 Å². The Morgan fingerprint density at radius 1 is 1.15 bits per heavy atom. The van der Waals surface area contributed by atoms with Gasteiger partial charge in [-0.25, -0.2) is 4.79 Å². The minimum Gasteiger partial charge on any atom is -0.477 e. The number of carboxylic acids is 1. The Balaban J connectivity index is 1.56. The van der Waals surface area contributed by atoms with Crippen LogP contribution in [-0.4, -0.2) is 39.6 Å². The molecule has 0 radical (unpaired) electrons. The number of aromatic amines is 1. The highest BCUT2D eigenvalue weighted by atomic mass is 32.1. The lowest BCUT2D eigenvalue weighted by Gasteiger charge is -2.30. The van der Waals surface area contributed by atoms with Gasteiger partial charge in [-0.1, -0.05) is 19.1 Å². The van der Waals surface area contributed by atoms with Gasteiger partial charge in [-0.15, -0.1) is 11.3 Å². The number of rotatable bonds is 7. The van der Waals surface area contributed by atoms with E-state index in [1.165, 1.54) is 6.20 Å². The van der Waals surface area contributed by atoms with Gasteiger partial charge in [0.05, 0.1) is 5.69 Å². The van der Waals surface area contributed by atoms with E-state index in [1.807, 2.05) is 19.1 Å². The number of aromatic carboxylic acids is 1. The molecule has 2 amide bonds. The van der Waals surface area contributed by atoms with Crippen LogP contribution in [0.4, 0.5) is 11.4 Å². The topological polar surface area (TPSA) is 115 Å². The quantitative estimate of drug-likeness (QED) is 0.426. The third-order valence-electron chi connectivity index (χ3n) is 6.32. The van der Waals surface area contributed by atoms with Crippen LogP contribution in [0.5, 0.6) is 0 Å². The van der Waals surface area contributed by atoms with Crippen molar-refractivity contribution in [2.24, 2.45) is 11.8 Å². The molecule has 8 nitrogen and oxygen atoms in total. The first-order valence-electron chi connectivity index (χ1n) is 11.5. The summed E-state index contributed by atoms with van der Waals surface area (Å²) in [4.78, 5) is 40.1. The molecule has 1 fully saturated rings. The van der Waals surface area contributed by atoms with Crippen LogP contribution < -0.4 is 10.2 Å². The Kier molecular flexibility index (Phi) is 7.12. The van der Waals surface area contributed by atoms with Crippen molar-refractivity contribution < 1.29 is 19.5 Å². The van der Waals surface area contributed by atoms with Crippen molar-refractivity contribution in [3.8, 4) is 10.4 Å². The number of nitrogens with zero attached hydrogens (tertiary/aromatic N) is 2. The lowest BCUT2D eigenvalue weighted by molar-refractivity contribution is -0.123. The van der Waals surface area contributed by atoms with Gasteiger partial charge >= 0.3 is 5.97 Å². The summed E-state index contributed by atoms with van der Waals surface area (Å²) in [6.07, 6.45) is 5.25. The van der Waals surface area contributed by atoms with Gasteiger partial charge in [0.15, 0.2) is 0 Å². The monoisotopic (exact) mass is 480 g/mol. The molecule has 0 unspecified atom stereocenters. The van der Waals surface area contributed by atoms with E-state index in [-0.39, 0.29) is 22.6 Å². The molecule has 0 atom stereocenters. The zero-order chi connectivity index (χ0) is 24.2. The second kappa shape index (κ2) is 10.2. The van der Waals surface area contributed by atoms with Gasteiger partial charge in [0.2, 0.25) is 5.91 Å². The van der Waals surface area contributed by atoms with Crippen LogP contribution in [-0.2, 0) is 4.79 Å². The Labute approximate surface area is 202 Å². The van der Waals surface area contributed by atoms with Crippen LogP contribution in [0.25, 0.3) is 10.4 Å². The number of hydrogen-bond donors (Lipinski definition) is 3. The number of hydrogen-bond acceptors (Lipinski definition) is 5. The van der Waals surface area contributed by atoms with Crippen LogP contribution in [0.1, 0.15) is 59.7 Å². The first-order chi connectivity index (χ1) is 16.4. The molecule has 4 rings (SSSR count). The molecule has 1 saturated carbocycles. The van der Waals surface area contributed by atoms with Crippen molar-refractivity contribution in [2.45, 2.75) is 39.5 Å². The number of carbonyl (C=O) groups is 3. The van der Waals surface area contributed by atoms with Gasteiger partial charge in [0, 0.05) is 29.2 Å². The molecule has 3 N–H and O–H groups in total. The first-order valence-corrected chi connectivity index (χ1v) is 12.3. The maximum absolute atomic E-state index is 13.3. The molecule has 178 valence electrons. The zero-order valence-electron chi connectivity index (χ0n) is 19.2. The number of anilines is 2. The molecule has 1 aliphatic rings. The molecule has 0 bridgehead atoms. The molecule has 9 heteroatoms. The molecule has 1 aliphatic carbocycles. The Morgan fingerprint density at radius 2 is 1.85 bits per heavy atom. The lowest BCUT2D eigenvalue weighted by atomic mass is 9.82. The molecule has 2 aromatic heterocycles. The van der Waals surface area contributed by atoms with Crippen molar-refractivity contribution in [3.05, 3.63) is 53.2 Å². The number of carbonyl (C=O) groups excluding carboxylic acids is 2. The van der Waals surface area contributed by atoms with Crippen molar-refractivity contribution in [1.29, 1.82) is 0 Å². The Morgan fingerprint density at radius 3 is 2.44 bits per heavy atom. The summed E-state index contributed by atoms with van der Waals surface area (Å²) in [6, 6.07) is 10.5. The Bertz CT molecular complexity index is 1160. The van der Waals surface area contributed by atoms with Crippen LogP contribution in [0.2, 0.25) is 0 Å². The highest BCUT2D eigenvalue weighted by Gasteiger charge is 2.31. The van der Waals surface area contributed by atoms with E-state index in [0.717, 1.165) is 47.5 Å². The number of H-pyrrole nitrogens is 1. The summed E-state index contributed by atoms with van der Waals surface area (Å²) in [7, 11) is 0. The SMILES string of the molecule is CCN(C(=O)C1CCC(C)CC1)c1cc(-c2ccc(NC(=O)c3ccn[nH]3)cc2)sc1C(=O)O. The normalized spacial score (nSPS) is 17.8. The third kappa shape index (κ3) is 5.04. The highest BCUT2D eigenvalue weighted by Crippen LogP contribution is 2.39. The summed E-state index contributed by atoms with van der Waals surface area (Å²) in [5.41, 5.74) is 2.23. The van der Waals surface area contributed by atoms with E-state index in [2.05, 4.69) is 22.4 Å². The van der Waals surface area contributed by atoms with Crippen molar-refractivity contribution in [1.82, 2.24) is 10.2 Å². The maximum atomic E-state index is 13.3. The minimum absolute atomic E-state index is 0.0121. The van der Waals surface area contributed by atoms with Crippen molar-refractivity contribution in [2.75, 3.05) is 16.8 Å². The van der Waals surface area contributed by atoms with E-state index in [1.54, 1.807) is 29.2 Å². The summed E-state index contributed by atoms with van der Waals surface area (Å²) in [6.45, 7) is 4.50. The zero-order valence-corrected chi connectivity index (χ0v) is 20.0. The van der Waals surface area contributed by atoms with Gasteiger partial charge in [0.25, 0.3) is 5.91 Å². The van der Waals surface area contributed by atoms with E-state index < -0.39 is 5.97 Å². The molecular weight excluding hydrogens is 452 g/mol. The molecule has 0 aliphatic heterocycles. The third-order valence-corrected chi connectivity index (χ3v) is 7.48. The number of amides is 2. The first kappa shape index (κ1) is 23.7. The van der Waals surface area contributed by atoms with Gasteiger partial charge in [-0.05, 0) is 68.4 Å². The molecule has 34 heavy (non-hydrogen) atoms. The number of thiophene rings is 1. The van der Waals surface area contributed by atoms with E-state index >= 15 is 0 Å². The fourth-order valence-electron chi connectivity index (χ4n) is 4.35. The number of carboxylic acid groups (broad SMARTS) is 1. The standard InChI is InChI=1S/C25H28N4O4S/c1-3-29(24(31)17-6-4-15(2)5-7-17)20-14-21(34-22(20)25(32)33)16-8-10-18(11-9-16)27-23(30)19-12-13-26-28-19/h8-15,17H,3-7H2,1-2H3,(H,26,28)(H,27,30)(H,32,33). The summed E-state index contributed by atoms with van der Waals surface area (Å²) in [5.74, 6) is -0.755. The minimum atomic E-state index is -1.04. The highest BCUT2D eigenvalue weighted by molar-refractivity contribution is 7.18. The molecule has 2 heterocycles. The van der Waals surface area contributed by atoms with Gasteiger partial charge in [-0.3, -0.25) is 14.7 Å². The lowest BCUT2D eigenvalue weighted by Crippen LogP contribution is -2.38. The molecule has 1 aromatic carbocycles. The van der Waals surface area contributed by atoms with E-state index in [0.29, 0.717) is 29.5 Å². The molecule has 0 spiro atoms. The fourth-order valence-corrected chi connectivity index (χ4v) is 5.35. The predicted molar refractivity (Wildman–Crippen MR) is 132 cm³/mol. The summed E-state index contributed by atoms with van der Waals surface area (Å²) >= 11 is 1.15. The smallest absolute Gasteiger partial charge is 0.348 e. The van der Waals surface area contributed by atoms with Crippen molar-refractivity contribution >= 4 is 40.5 Å². The molecule has 0 saturated heterocycles. The van der Waals surface area contributed by atoms with E-state index in [4.69, 9.17) is 0 Å². The van der Waals surface area contributed by atoms with Crippen LogP contribution in [0, 0.1) is 11.8 Å². The second-order valence-corrected chi connectivity index (χ2v) is 9.72. The average Bonchev–Trinajstić information content (AvgIpc) is 3.51. The van der Waals surface area contributed by atoms with Crippen LogP contribution in [0.3, 0.4) is 0 Å². The average molecular weight is 481 g/mol. The van der Waals surface area contributed by atoms with Crippen LogP contribution in [0.15, 0.2) is 42.6 Å². The molecule has 3 aromatic rings. The number of aromatic nitrogens is 2. The molecular formula is C25H28N4O4S. The summed E-state index contributed by atoms with van der Waals surface area (Å²) < 4.78 is 0. The van der Waals surface area contributed by atoms with Crippen molar-refractivity contribution in [3.63, 3.8) is 0 Å². The van der Waals surface area contributed by atoms with Gasteiger partial charge < -0.3 is 15.3 Å². The van der Waals surface area contributed by atoms with Crippen LogP contribution >= 0.6 is 11.3 Å². The van der Waals surface area contributed by atoms with Gasteiger partial charge in [0.1, 0.15) is 10.6 Å². The second-order valence-electron chi connectivity index (χ2n) is 8.67. The maximum Gasteiger partial charge on any atom is 0.348 e. The number of nitrogens with one attached hydrogen (secondary N) is 2. The fraction of sp³-hybridized carbons (Fsp3) is 0.360. The van der Waals surface area contributed by atoms with E-state index in [9.17, 15) is 19.5 Å². The summed E-state index contributed by atoms with van der Waals surface area (Å²) in [5, 5.41) is 19.0.